The lowest BCUT2D eigenvalue weighted by Gasteiger charge is -2.18. The number of aliphatic carboxylic acids is 1. The molecule has 1 amide bonds. The molecular formula is C14H16ClNO4. The normalized spacial score (nSPS) is 22.1. The lowest BCUT2D eigenvalue weighted by atomic mass is 10.1. The number of halogens is 1. The van der Waals surface area contributed by atoms with Crippen LogP contribution in [0.2, 0.25) is 5.02 Å². The van der Waals surface area contributed by atoms with E-state index in [1.165, 1.54) is 0 Å². The van der Waals surface area contributed by atoms with Gasteiger partial charge in [-0.15, -0.1) is 0 Å². The Bertz CT molecular complexity index is 502. The maximum Gasteiger partial charge on any atom is 0.307 e. The second-order valence-corrected chi connectivity index (χ2v) is 5.29. The maximum absolute atomic E-state index is 12.0. The van der Waals surface area contributed by atoms with Crippen molar-refractivity contribution in [3.05, 3.63) is 34.9 Å². The molecule has 1 aromatic rings. The fourth-order valence-electron chi connectivity index (χ4n) is 2.12. The Morgan fingerprint density at radius 1 is 1.40 bits per heavy atom. The first-order valence-corrected chi connectivity index (χ1v) is 6.68. The molecule has 2 N–H and O–H groups in total. The molecule has 5 nitrogen and oxygen atoms in total. The molecule has 1 fully saturated rings. The number of carboxylic acid groups (broad SMARTS) is 1. The molecule has 1 saturated carbocycles. The summed E-state index contributed by atoms with van der Waals surface area (Å²) in [5.74, 6) is -2.14. The van der Waals surface area contributed by atoms with Crippen LogP contribution in [0.25, 0.3) is 0 Å². The zero-order valence-electron chi connectivity index (χ0n) is 11.0. The summed E-state index contributed by atoms with van der Waals surface area (Å²) in [7, 11) is 1.55. The number of nitrogens with one attached hydrogen (secondary N) is 1. The fraction of sp³-hybridized carbons (Fsp3) is 0.429. The lowest BCUT2D eigenvalue weighted by molar-refractivity contribution is -0.140. The molecule has 0 spiro atoms. The van der Waals surface area contributed by atoms with E-state index >= 15 is 0 Å². The molecule has 1 aliphatic carbocycles. The molecule has 1 aromatic carbocycles. The quantitative estimate of drug-likeness (QED) is 0.840. The number of ether oxygens (including phenoxy) is 1. The monoisotopic (exact) mass is 297 g/mol. The summed E-state index contributed by atoms with van der Waals surface area (Å²) in [4.78, 5) is 22.8. The molecule has 0 radical (unpaired) electrons. The van der Waals surface area contributed by atoms with Crippen LogP contribution in [0.15, 0.2) is 24.3 Å². The lowest BCUT2D eigenvalue weighted by Crippen LogP contribution is -2.33. The van der Waals surface area contributed by atoms with Gasteiger partial charge in [-0.05, 0) is 24.1 Å². The van der Waals surface area contributed by atoms with E-state index < -0.39 is 17.8 Å². The van der Waals surface area contributed by atoms with Gasteiger partial charge in [-0.25, -0.2) is 0 Å². The molecule has 1 aliphatic rings. The standard InChI is InChI=1S/C14H16ClNO4/c1-20-7-12(8-2-4-9(15)5-3-8)16-13(17)10-6-11(10)14(18)19/h2-5,10-12H,6-7H2,1H3,(H,16,17)(H,18,19). The van der Waals surface area contributed by atoms with Gasteiger partial charge in [-0.3, -0.25) is 9.59 Å². The topological polar surface area (TPSA) is 75.6 Å². The predicted molar refractivity (Wildman–Crippen MR) is 73.4 cm³/mol. The summed E-state index contributed by atoms with van der Waals surface area (Å²) in [6, 6.07) is 6.80. The van der Waals surface area contributed by atoms with Crippen molar-refractivity contribution < 1.29 is 19.4 Å². The van der Waals surface area contributed by atoms with Crippen molar-refractivity contribution in [1.29, 1.82) is 0 Å². The van der Waals surface area contributed by atoms with Gasteiger partial charge in [-0.2, -0.15) is 0 Å². The highest BCUT2D eigenvalue weighted by molar-refractivity contribution is 6.30. The summed E-state index contributed by atoms with van der Waals surface area (Å²) < 4.78 is 5.10. The average Bonchev–Trinajstić information content (AvgIpc) is 3.19. The van der Waals surface area contributed by atoms with Crippen LogP contribution in [-0.2, 0) is 14.3 Å². The van der Waals surface area contributed by atoms with Gasteiger partial charge in [-0.1, -0.05) is 23.7 Å². The summed E-state index contributed by atoms with van der Waals surface area (Å²) in [5.41, 5.74) is 0.872. The third-order valence-corrected chi connectivity index (χ3v) is 3.62. The second kappa shape index (κ2) is 6.24. The smallest absolute Gasteiger partial charge is 0.307 e. The number of carboxylic acids is 1. The first kappa shape index (κ1) is 14.8. The highest BCUT2D eigenvalue weighted by Gasteiger charge is 2.48. The van der Waals surface area contributed by atoms with Crippen LogP contribution in [0.1, 0.15) is 18.0 Å². The number of carbonyl (C=O) groups excluding carboxylic acids is 1. The van der Waals surface area contributed by atoms with Gasteiger partial charge in [0.2, 0.25) is 5.91 Å². The minimum Gasteiger partial charge on any atom is -0.481 e. The molecule has 0 aromatic heterocycles. The summed E-state index contributed by atoms with van der Waals surface area (Å²) >= 11 is 5.83. The van der Waals surface area contributed by atoms with E-state index in [1.54, 1.807) is 19.2 Å². The van der Waals surface area contributed by atoms with E-state index in [0.29, 0.717) is 18.1 Å². The average molecular weight is 298 g/mol. The molecule has 0 bridgehead atoms. The van der Waals surface area contributed by atoms with Crippen LogP contribution in [0.3, 0.4) is 0 Å². The summed E-state index contributed by atoms with van der Waals surface area (Å²) in [6.45, 7) is 0.317. The zero-order chi connectivity index (χ0) is 14.7. The third kappa shape index (κ3) is 3.49. The molecule has 2 rings (SSSR count). The zero-order valence-corrected chi connectivity index (χ0v) is 11.8. The van der Waals surface area contributed by atoms with Gasteiger partial charge in [0.25, 0.3) is 0 Å². The maximum atomic E-state index is 12.0. The number of methoxy groups -OCH3 is 1. The van der Waals surface area contributed by atoms with Crippen molar-refractivity contribution in [3.8, 4) is 0 Å². The van der Waals surface area contributed by atoms with E-state index in [-0.39, 0.29) is 11.9 Å². The number of hydrogen-bond donors (Lipinski definition) is 2. The molecule has 3 atom stereocenters. The fourth-order valence-corrected chi connectivity index (χ4v) is 2.25. The van der Waals surface area contributed by atoms with Gasteiger partial charge in [0.05, 0.1) is 24.5 Å². The molecule has 0 saturated heterocycles. The van der Waals surface area contributed by atoms with Crippen LogP contribution in [0, 0.1) is 11.8 Å². The SMILES string of the molecule is COCC(NC(=O)C1CC1C(=O)O)c1ccc(Cl)cc1. The van der Waals surface area contributed by atoms with Gasteiger partial charge in [0.15, 0.2) is 0 Å². The van der Waals surface area contributed by atoms with Crippen molar-refractivity contribution in [2.24, 2.45) is 11.8 Å². The first-order chi connectivity index (χ1) is 9.52. The number of carbonyl (C=O) groups is 2. The van der Waals surface area contributed by atoms with E-state index in [2.05, 4.69) is 5.32 Å². The van der Waals surface area contributed by atoms with Crippen molar-refractivity contribution in [3.63, 3.8) is 0 Å². The van der Waals surface area contributed by atoms with Crippen molar-refractivity contribution in [2.75, 3.05) is 13.7 Å². The van der Waals surface area contributed by atoms with Gasteiger partial charge >= 0.3 is 5.97 Å². The molecule has 3 unspecified atom stereocenters. The molecule has 0 aliphatic heterocycles. The molecule has 0 heterocycles. The van der Waals surface area contributed by atoms with Crippen LogP contribution >= 0.6 is 11.6 Å². The highest BCUT2D eigenvalue weighted by Crippen LogP contribution is 2.39. The second-order valence-electron chi connectivity index (χ2n) is 4.85. The van der Waals surface area contributed by atoms with Crippen LogP contribution in [-0.4, -0.2) is 30.7 Å². The third-order valence-electron chi connectivity index (χ3n) is 3.37. The van der Waals surface area contributed by atoms with Gasteiger partial charge in [0.1, 0.15) is 0 Å². The Kier molecular flexibility index (Phi) is 4.62. The van der Waals surface area contributed by atoms with E-state index in [4.69, 9.17) is 21.4 Å². The van der Waals surface area contributed by atoms with E-state index in [0.717, 1.165) is 5.56 Å². The van der Waals surface area contributed by atoms with Crippen LogP contribution in [0.4, 0.5) is 0 Å². The highest BCUT2D eigenvalue weighted by atomic mass is 35.5. The Morgan fingerprint density at radius 3 is 2.55 bits per heavy atom. The number of benzene rings is 1. The van der Waals surface area contributed by atoms with E-state index in [9.17, 15) is 9.59 Å². The van der Waals surface area contributed by atoms with Crippen molar-refractivity contribution in [1.82, 2.24) is 5.32 Å². The Morgan fingerprint density at radius 2 is 2.05 bits per heavy atom. The van der Waals surface area contributed by atoms with Crippen molar-refractivity contribution >= 4 is 23.5 Å². The Balaban J connectivity index is 2.01. The minimum atomic E-state index is -0.917. The number of hydrogen-bond acceptors (Lipinski definition) is 3. The van der Waals surface area contributed by atoms with Crippen LogP contribution in [0.5, 0.6) is 0 Å². The first-order valence-electron chi connectivity index (χ1n) is 6.30. The van der Waals surface area contributed by atoms with Crippen LogP contribution < -0.4 is 5.32 Å². The Labute approximate surface area is 121 Å². The molecule has 6 heteroatoms. The van der Waals surface area contributed by atoms with Gasteiger partial charge < -0.3 is 15.2 Å². The summed E-state index contributed by atoms with van der Waals surface area (Å²) in [5, 5.41) is 12.3. The van der Waals surface area contributed by atoms with E-state index in [1.807, 2.05) is 12.1 Å². The van der Waals surface area contributed by atoms with Gasteiger partial charge in [0, 0.05) is 12.1 Å². The molecular weight excluding hydrogens is 282 g/mol. The minimum absolute atomic E-state index is 0.241. The molecule has 20 heavy (non-hydrogen) atoms. The number of amides is 1. The largest absolute Gasteiger partial charge is 0.481 e. The van der Waals surface area contributed by atoms with Crippen molar-refractivity contribution in [2.45, 2.75) is 12.5 Å². The predicted octanol–water partition coefficient (Wildman–Crippen LogP) is 1.86. The molecule has 108 valence electrons. The summed E-state index contributed by atoms with van der Waals surface area (Å²) in [6.07, 6.45) is 0.404. The Hall–Kier alpha value is -1.59. The number of rotatable bonds is 6.